The summed E-state index contributed by atoms with van der Waals surface area (Å²) in [5, 5.41) is 15.2. The van der Waals surface area contributed by atoms with E-state index in [9.17, 15) is 9.59 Å². The third kappa shape index (κ3) is 9.11. The summed E-state index contributed by atoms with van der Waals surface area (Å²) in [6.45, 7) is 8.05. The maximum absolute atomic E-state index is 11.9. The molecule has 0 heterocycles. The van der Waals surface area contributed by atoms with Crippen molar-refractivity contribution in [1.82, 2.24) is 10.6 Å². The molecule has 1 amide bonds. The Morgan fingerprint density at radius 3 is 2.38 bits per heavy atom. The van der Waals surface area contributed by atoms with Gasteiger partial charge in [0.15, 0.2) is 0 Å². The van der Waals surface area contributed by atoms with E-state index < -0.39 is 17.7 Å². The van der Waals surface area contributed by atoms with E-state index in [2.05, 4.69) is 10.6 Å². The average Bonchev–Trinajstić information content (AvgIpc) is 2.48. The Morgan fingerprint density at radius 2 is 1.83 bits per heavy atom. The number of hydrogen-bond donors (Lipinski definition) is 3. The third-order valence-corrected chi connectivity index (χ3v) is 4.37. The molecule has 3 N–H and O–H groups in total. The Balaban J connectivity index is 2.54. The first-order valence-corrected chi connectivity index (χ1v) is 9.12. The van der Waals surface area contributed by atoms with Crippen LogP contribution in [0.5, 0.6) is 0 Å². The minimum Gasteiger partial charge on any atom is -0.481 e. The molecular weight excluding hydrogens is 308 g/mol. The first-order valence-electron chi connectivity index (χ1n) is 9.12. The number of amides is 1. The van der Waals surface area contributed by atoms with Gasteiger partial charge in [-0.2, -0.15) is 0 Å². The van der Waals surface area contributed by atoms with Crippen LogP contribution in [-0.2, 0) is 9.53 Å². The summed E-state index contributed by atoms with van der Waals surface area (Å²) in [5.74, 6) is -0.259. The van der Waals surface area contributed by atoms with Gasteiger partial charge in [0.2, 0.25) is 0 Å². The Bertz CT molecular complexity index is 400. The number of aliphatic carboxylic acids is 1. The van der Waals surface area contributed by atoms with E-state index in [4.69, 9.17) is 9.84 Å². The smallest absolute Gasteiger partial charge is 0.407 e. The van der Waals surface area contributed by atoms with Crippen LogP contribution >= 0.6 is 0 Å². The number of hydrogen-bond acceptors (Lipinski definition) is 4. The van der Waals surface area contributed by atoms with Gasteiger partial charge in [0.1, 0.15) is 5.60 Å². The molecule has 6 nitrogen and oxygen atoms in total. The molecular formula is C18H34N2O4. The zero-order chi connectivity index (χ0) is 18.2. The summed E-state index contributed by atoms with van der Waals surface area (Å²) in [4.78, 5) is 22.6. The maximum atomic E-state index is 11.9. The fourth-order valence-corrected chi connectivity index (χ4v) is 3.19. The normalized spacial score (nSPS) is 18.7. The zero-order valence-electron chi connectivity index (χ0n) is 15.6. The number of alkyl carbamates (subject to hydrolysis) is 1. The molecule has 2 atom stereocenters. The third-order valence-electron chi connectivity index (χ3n) is 4.37. The minimum atomic E-state index is -0.773. The van der Waals surface area contributed by atoms with Crippen molar-refractivity contribution in [2.24, 2.45) is 5.92 Å². The van der Waals surface area contributed by atoms with E-state index in [0.717, 1.165) is 12.8 Å². The molecule has 1 aliphatic carbocycles. The van der Waals surface area contributed by atoms with Gasteiger partial charge in [-0.05, 0) is 52.9 Å². The standard InChI is InChI=1S/C18H34N2O4/c1-13(10-11-16(21)22)20-15(14-8-6-5-7-9-14)12-19-17(23)24-18(2,3)4/h13-15,20H,5-12H2,1-4H3,(H,19,23)(H,21,22). The molecule has 6 heteroatoms. The molecule has 1 saturated carbocycles. The summed E-state index contributed by atoms with van der Waals surface area (Å²) in [5.41, 5.74) is -0.507. The number of carbonyl (C=O) groups is 2. The highest BCUT2D eigenvalue weighted by molar-refractivity contribution is 5.67. The lowest BCUT2D eigenvalue weighted by molar-refractivity contribution is -0.137. The van der Waals surface area contributed by atoms with Crippen LogP contribution in [0.1, 0.15) is 72.6 Å². The second-order valence-electron chi connectivity index (χ2n) is 7.89. The average molecular weight is 342 g/mol. The van der Waals surface area contributed by atoms with Gasteiger partial charge in [-0.25, -0.2) is 4.79 Å². The first kappa shape index (κ1) is 20.7. The van der Waals surface area contributed by atoms with Crippen LogP contribution in [0, 0.1) is 5.92 Å². The molecule has 0 aromatic rings. The van der Waals surface area contributed by atoms with Gasteiger partial charge in [0, 0.05) is 25.0 Å². The molecule has 0 bridgehead atoms. The molecule has 1 rings (SSSR count). The van der Waals surface area contributed by atoms with Crippen LogP contribution in [0.25, 0.3) is 0 Å². The summed E-state index contributed by atoms with van der Waals surface area (Å²) in [6.07, 6.45) is 6.37. The van der Waals surface area contributed by atoms with Crippen molar-refractivity contribution in [3.05, 3.63) is 0 Å². The number of nitrogens with one attached hydrogen (secondary N) is 2. The van der Waals surface area contributed by atoms with Gasteiger partial charge in [-0.3, -0.25) is 4.79 Å². The molecule has 2 unspecified atom stereocenters. The van der Waals surface area contributed by atoms with Crippen molar-refractivity contribution < 1.29 is 19.4 Å². The SMILES string of the molecule is CC(CCC(=O)O)NC(CNC(=O)OC(C)(C)C)C1CCCCC1. The predicted molar refractivity (Wildman–Crippen MR) is 94.1 cm³/mol. The fraction of sp³-hybridized carbons (Fsp3) is 0.889. The Morgan fingerprint density at radius 1 is 1.21 bits per heavy atom. The highest BCUT2D eigenvalue weighted by Gasteiger charge is 2.26. The lowest BCUT2D eigenvalue weighted by Crippen LogP contribution is -2.50. The first-order chi connectivity index (χ1) is 11.2. The Labute approximate surface area is 145 Å². The number of ether oxygens (including phenoxy) is 1. The lowest BCUT2D eigenvalue weighted by atomic mass is 9.83. The van der Waals surface area contributed by atoms with Crippen molar-refractivity contribution in [2.75, 3.05) is 6.54 Å². The van der Waals surface area contributed by atoms with E-state index in [0.29, 0.717) is 18.9 Å². The molecule has 0 aromatic heterocycles. The van der Waals surface area contributed by atoms with E-state index >= 15 is 0 Å². The topological polar surface area (TPSA) is 87.7 Å². The van der Waals surface area contributed by atoms with Crippen LogP contribution in [-0.4, -0.2) is 41.4 Å². The predicted octanol–water partition coefficient (Wildman–Crippen LogP) is 3.30. The molecule has 1 aliphatic rings. The van der Waals surface area contributed by atoms with E-state index in [1.165, 1.54) is 19.3 Å². The second kappa shape index (κ2) is 9.87. The highest BCUT2D eigenvalue weighted by atomic mass is 16.6. The summed E-state index contributed by atoms with van der Waals surface area (Å²) in [6, 6.07) is 0.259. The monoisotopic (exact) mass is 342 g/mol. The van der Waals surface area contributed by atoms with Gasteiger partial charge in [0.25, 0.3) is 0 Å². The van der Waals surface area contributed by atoms with Gasteiger partial charge >= 0.3 is 12.1 Å². The quantitative estimate of drug-likeness (QED) is 0.630. The molecule has 140 valence electrons. The van der Waals surface area contributed by atoms with Crippen LogP contribution in [0.4, 0.5) is 4.79 Å². The van der Waals surface area contributed by atoms with Crippen molar-refractivity contribution in [2.45, 2.75) is 90.3 Å². The summed E-state index contributed by atoms with van der Waals surface area (Å²) >= 11 is 0. The largest absolute Gasteiger partial charge is 0.481 e. The molecule has 0 aliphatic heterocycles. The van der Waals surface area contributed by atoms with E-state index in [1.807, 2.05) is 27.7 Å². The van der Waals surface area contributed by atoms with Crippen LogP contribution in [0.15, 0.2) is 0 Å². The lowest BCUT2D eigenvalue weighted by Gasteiger charge is -2.33. The number of carboxylic acids is 1. The van der Waals surface area contributed by atoms with Crippen molar-refractivity contribution in [3.63, 3.8) is 0 Å². The van der Waals surface area contributed by atoms with E-state index in [-0.39, 0.29) is 18.5 Å². The second-order valence-corrected chi connectivity index (χ2v) is 7.89. The molecule has 0 spiro atoms. The number of rotatable bonds is 8. The molecule has 0 saturated heterocycles. The summed E-state index contributed by atoms with van der Waals surface area (Å²) in [7, 11) is 0. The molecule has 1 fully saturated rings. The van der Waals surface area contributed by atoms with Gasteiger partial charge in [-0.1, -0.05) is 19.3 Å². The van der Waals surface area contributed by atoms with Crippen LogP contribution < -0.4 is 10.6 Å². The molecule has 0 aromatic carbocycles. The molecule has 24 heavy (non-hydrogen) atoms. The number of carbonyl (C=O) groups excluding carboxylic acids is 1. The van der Waals surface area contributed by atoms with Crippen molar-refractivity contribution >= 4 is 12.1 Å². The molecule has 0 radical (unpaired) electrons. The maximum Gasteiger partial charge on any atom is 0.407 e. The van der Waals surface area contributed by atoms with Crippen molar-refractivity contribution in [1.29, 1.82) is 0 Å². The van der Waals surface area contributed by atoms with Crippen LogP contribution in [0.3, 0.4) is 0 Å². The zero-order valence-corrected chi connectivity index (χ0v) is 15.6. The fourth-order valence-electron chi connectivity index (χ4n) is 3.19. The van der Waals surface area contributed by atoms with Crippen LogP contribution in [0.2, 0.25) is 0 Å². The van der Waals surface area contributed by atoms with Gasteiger partial charge in [-0.15, -0.1) is 0 Å². The number of carboxylic acid groups (broad SMARTS) is 1. The van der Waals surface area contributed by atoms with E-state index in [1.54, 1.807) is 0 Å². The summed E-state index contributed by atoms with van der Waals surface area (Å²) < 4.78 is 5.30. The Kier molecular flexibility index (Phi) is 8.53. The van der Waals surface area contributed by atoms with Gasteiger partial charge in [0.05, 0.1) is 0 Å². The minimum absolute atomic E-state index is 0.105. The van der Waals surface area contributed by atoms with Gasteiger partial charge < -0.3 is 20.5 Å². The van der Waals surface area contributed by atoms with Crippen molar-refractivity contribution in [3.8, 4) is 0 Å². The Hall–Kier alpha value is -1.30. The highest BCUT2D eigenvalue weighted by Crippen LogP contribution is 2.26.